The number of ether oxygens (including phenoxy) is 2. The molecule has 1 fully saturated rings. The first kappa shape index (κ1) is 33.6. The van der Waals surface area contributed by atoms with Gasteiger partial charge in [-0.15, -0.1) is 0 Å². The molecule has 0 spiro atoms. The van der Waals surface area contributed by atoms with E-state index in [-0.39, 0.29) is 33.4 Å². The Hall–Kier alpha value is -0.889. The highest BCUT2D eigenvalue weighted by Crippen LogP contribution is 2.45. The van der Waals surface area contributed by atoms with Crippen molar-refractivity contribution < 1.29 is 22.8 Å². The van der Waals surface area contributed by atoms with Gasteiger partial charge in [-0.1, -0.05) is 68.4 Å². The van der Waals surface area contributed by atoms with Crippen molar-refractivity contribution in [2.24, 2.45) is 4.99 Å². The molecule has 7 nitrogen and oxygen atoms in total. The maximum Gasteiger partial charge on any atom is 0.238 e. The van der Waals surface area contributed by atoms with Crippen molar-refractivity contribution in [3.63, 3.8) is 0 Å². The van der Waals surface area contributed by atoms with E-state index in [9.17, 15) is 0 Å². The largest absolute Gasteiger partial charge is 0.465 e. The summed E-state index contributed by atoms with van der Waals surface area (Å²) in [6.45, 7) is 34.5. The van der Waals surface area contributed by atoms with Gasteiger partial charge in [0.2, 0.25) is 5.90 Å². The van der Waals surface area contributed by atoms with Gasteiger partial charge in [-0.05, 0) is 66.5 Å². The molecule has 0 radical (unpaired) electrons. The standard InChI is InChI=1S/C30H56N2O5Si3/c1-28(2,3)38(10,11)33-20-22-23(36-39(12,13)29(4,5)6)24(37-40(14,15)30(7,8)9)25-27(34-22)32-26(35-25)21-18-16-17-19-31-21/h16-19,22-25,27H,20H2,1-15H3/t22-,23-,24+,25-,27+/m1/s1. The second-order valence-electron chi connectivity index (χ2n) is 16.1. The van der Waals surface area contributed by atoms with Crippen molar-refractivity contribution in [1.29, 1.82) is 0 Å². The fraction of sp³-hybridized carbons (Fsp3) is 0.800. The van der Waals surface area contributed by atoms with Crippen molar-refractivity contribution in [3.8, 4) is 0 Å². The van der Waals surface area contributed by atoms with Crippen molar-refractivity contribution in [3.05, 3.63) is 30.1 Å². The summed E-state index contributed by atoms with van der Waals surface area (Å²) in [5.74, 6) is 0.497. The number of hydrogen-bond acceptors (Lipinski definition) is 7. The summed E-state index contributed by atoms with van der Waals surface area (Å²) in [5.41, 5.74) is 0.697. The Labute approximate surface area is 247 Å². The minimum Gasteiger partial charge on any atom is -0.465 e. The van der Waals surface area contributed by atoms with Gasteiger partial charge in [-0.2, -0.15) is 0 Å². The fourth-order valence-corrected chi connectivity index (χ4v) is 7.60. The highest BCUT2D eigenvalue weighted by atomic mass is 28.4. The summed E-state index contributed by atoms with van der Waals surface area (Å²) in [5, 5.41) is 0.110. The summed E-state index contributed by atoms with van der Waals surface area (Å²) < 4.78 is 34.6. The summed E-state index contributed by atoms with van der Waals surface area (Å²) in [6.07, 6.45) is -0.225. The monoisotopic (exact) mass is 608 g/mol. The zero-order valence-corrected chi connectivity index (χ0v) is 30.8. The Balaban J connectivity index is 2.08. The number of rotatable bonds is 8. The molecule has 2 aliphatic heterocycles. The predicted molar refractivity (Wildman–Crippen MR) is 172 cm³/mol. The first-order valence-electron chi connectivity index (χ1n) is 14.8. The van der Waals surface area contributed by atoms with Crippen LogP contribution in [0.1, 0.15) is 68.0 Å². The molecule has 3 rings (SSSR count). The predicted octanol–water partition coefficient (Wildman–Crippen LogP) is 7.75. The molecule has 0 unspecified atom stereocenters. The Kier molecular flexibility index (Phi) is 9.51. The molecule has 0 bridgehead atoms. The van der Waals surface area contributed by atoms with E-state index >= 15 is 0 Å². The van der Waals surface area contributed by atoms with E-state index in [0.29, 0.717) is 18.2 Å². The molecule has 1 aromatic rings. The molecule has 2 aliphatic rings. The van der Waals surface area contributed by atoms with Gasteiger partial charge in [-0.25, -0.2) is 4.99 Å². The first-order chi connectivity index (χ1) is 18.0. The smallest absolute Gasteiger partial charge is 0.238 e. The summed E-state index contributed by atoms with van der Waals surface area (Å²) in [6, 6.07) is 5.75. The van der Waals surface area contributed by atoms with Gasteiger partial charge in [0.15, 0.2) is 37.3 Å². The zero-order chi connectivity index (χ0) is 30.5. The number of nitrogens with zero attached hydrogens (tertiary/aromatic N) is 2. The van der Waals surface area contributed by atoms with Gasteiger partial charge in [0, 0.05) is 6.20 Å². The number of fused-ring (bicyclic) bond motifs is 1. The molecular weight excluding hydrogens is 553 g/mol. The number of aliphatic imine (C=N–C) groups is 1. The molecule has 10 heteroatoms. The van der Waals surface area contributed by atoms with E-state index in [4.69, 9.17) is 27.7 Å². The van der Waals surface area contributed by atoms with Gasteiger partial charge in [0.05, 0.1) is 6.61 Å². The third kappa shape index (κ3) is 7.18. The van der Waals surface area contributed by atoms with E-state index in [1.807, 2.05) is 18.2 Å². The van der Waals surface area contributed by atoms with Crippen LogP contribution >= 0.6 is 0 Å². The van der Waals surface area contributed by atoms with Crippen LogP contribution in [-0.4, -0.2) is 73.1 Å². The second-order valence-corrected chi connectivity index (χ2v) is 30.4. The molecule has 5 atom stereocenters. The average Bonchev–Trinajstić information content (AvgIpc) is 3.21. The van der Waals surface area contributed by atoms with Crippen LogP contribution < -0.4 is 0 Å². The van der Waals surface area contributed by atoms with Crippen LogP contribution in [0.25, 0.3) is 0 Å². The lowest BCUT2D eigenvalue weighted by atomic mass is 9.99. The van der Waals surface area contributed by atoms with Crippen molar-refractivity contribution in [2.45, 2.75) is 147 Å². The molecule has 228 valence electrons. The molecule has 0 aliphatic carbocycles. The van der Waals surface area contributed by atoms with E-state index in [0.717, 1.165) is 0 Å². The molecule has 0 saturated carbocycles. The van der Waals surface area contributed by atoms with Crippen LogP contribution in [-0.2, 0) is 22.8 Å². The van der Waals surface area contributed by atoms with Crippen LogP contribution in [0.2, 0.25) is 54.4 Å². The molecule has 3 heterocycles. The number of hydrogen-bond donors (Lipinski definition) is 0. The Morgan fingerprint density at radius 1 is 0.750 bits per heavy atom. The third-order valence-corrected chi connectivity index (χ3v) is 23.3. The van der Waals surface area contributed by atoms with E-state index < -0.39 is 37.3 Å². The fourth-order valence-electron chi connectivity index (χ4n) is 3.97. The van der Waals surface area contributed by atoms with E-state index in [2.05, 4.69) is 107 Å². The Bertz CT molecular complexity index is 1040. The summed E-state index contributed by atoms with van der Waals surface area (Å²) in [7, 11) is -6.51. The van der Waals surface area contributed by atoms with Gasteiger partial charge < -0.3 is 22.8 Å². The van der Waals surface area contributed by atoms with Gasteiger partial charge in [0.1, 0.15) is 24.0 Å². The lowest BCUT2D eigenvalue weighted by molar-refractivity contribution is -0.204. The molecule has 0 N–H and O–H groups in total. The molecule has 1 aromatic heterocycles. The number of aromatic nitrogens is 1. The molecule has 1 saturated heterocycles. The van der Waals surface area contributed by atoms with Crippen molar-refractivity contribution in [1.82, 2.24) is 4.98 Å². The van der Waals surface area contributed by atoms with Gasteiger partial charge in [0.25, 0.3) is 0 Å². The van der Waals surface area contributed by atoms with Crippen LogP contribution in [0.5, 0.6) is 0 Å². The van der Waals surface area contributed by atoms with Crippen LogP contribution in [0.15, 0.2) is 29.4 Å². The second kappa shape index (κ2) is 11.3. The topological polar surface area (TPSA) is 71.4 Å². The lowest BCUT2D eigenvalue weighted by Crippen LogP contribution is -2.65. The molecular formula is C30H56N2O5Si3. The molecule has 40 heavy (non-hydrogen) atoms. The lowest BCUT2D eigenvalue weighted by Gasteiger charge is -2.51. The highest BCUT2D eigenvalue weighted by molar-refractivity contribution is 6.75. The van der Waals surface area contributed by atoms with Gasteiger partial charge >= 0.3 is 0 Å². The van der Waals surface area contributed by atoms with E-state index in [1.165, 1.54) is 0 Å². The zero-order valence-electron chi connectivity index (χ0n) is 27.8. The van der Waals surface area contributed by atoms with Crippen molar-refractivity contribution in [2.75, 3.05) is 6.61 Å². The molecule has 0 aromatic carbocycles. The van der Waals surface area contributed by atoms with Gasteiger partial charge in [-0.3, -0.25) is 4.98 Å². The first-order valence-corrected chi connectivity index (χ1v) is 23.5. The third-order valence-electron chi connectivity index (χ3n) is 9.87. The normalized spacial score (nSPS) is 26.8. The summed E-state index contributed by atoms with van der Waals surface area (Å²) >= 11 is 0. The minimum atomic E-state index is -2.23. The SMILES string of the molecule is CC(C)(C)[Si](C)(C)OC[C@H]1O[C@@H]2N=C(c3ccccn3)O[C@@H]2[C@@H](O[Si](C)(C)C(C)(C)C)[C@@H]1O[Si](C)(C)C(C)(C)C. The molecule has 0 amide bonds. The van der Waals surface area contributed by atoms with Crippen molar-refractivity contribution >= 4 is 30.8 Å². The number of pyridine rings is 1. The van der Waals surface area contributed by atoms with Crippen LogP contribution in [0, 0.1) is 0 Å². The minimum absolute atomic E-state index is 0.0126. The van der Waals surface area contributed by atoms with Crippen LogP contribution in [0.3, 0.4) is 0 Å². The van der Waals surface area contributed by atoms with E-state index in [1.54, 1.807) is 6.20 Å². The quantitative estimate of drug-likeness (QED) is 0.281. The Morgan fingerprint density at radius 3 is 1.75 bits per heavy atom. The maximum absolute atomic E-state index is 7.24. The maximum atomic E-state index is 7.24. The summed E-state index contributed by atoms with van der Waals surface area (Å²) in [4.78, 5) is 9.40. The Morgan fingerprint density at radius 2 is 1.27 bits per heavy atom. The van der Waals surface area contributed by atoms with Crippen LogP contribution in [0.4, 0.5) is 0 Å². The highest BCUT2D eigenvalue weighted by Gasteiger charge is 2.57. The average molecular weight is 609 g/mol.